The summed E-state index contributed by atoms with van der Waals surface area (Å²) >= 11 is 5.13. The summed E-state index contributed by atoms with van der Waals surface area (Å²) in [6.07, 6.45) is 6.35. The summed E-state index contributed by atoms with van der Waals surface area (Å²) in [5.41, 5.74) is 11.4. The van der Waals surface area contributed by atoms with Gasteiger partial charge in [-0.2, -0.15) is 10.4 Å². The molecule has 0 saturated carbocycles. The largest absolute Gasteiger partial charge is 0.393 e. The van der Waals surface area contributed by atoms with Crippen LogP contribution in [0, 0.1) is 18.3 Å². The van der Waals surface area contributed by atoms with Crippen LogP contribution in [0.1, 0.15) is 36.5 Å². The summed E-state index contributed by atoms with van der Waals surface area (Å²) in [4.78, 5) is 9.06. The van der Waals surface area contributed by atoms with Gasteiger partial charge < -0.3 is 15.4 Å². The maximum atomic E-state index is 9.60. The Kier molecular flexibility index (Phi) is 7.51. The fourth-order valence-electron chi connectivity index (χ4n) is 3.42. The minimum Gasteiger partial charge on any atom is -0.393 e. The number of hydrazone groups is 1. The predicted octanol–water partition coefficient (Wildman–Crippen LogP) is 3.05. The molecule has 0 amide bonds. The molecule has 166 valence electrons. The number of aliphatic hydroxyl groups excluding tert-OH is 1. The number of aryl methyl sites for hydroxylation is 3. The van der Waals surface area contributed by atoms with Gasteiger partial charge in [0.2, 0.25) is 0 Å². The second kappa shape index (κ2) is 10.3. The van der Waals surface area contributed by atoms with Crippen LogP contribution in [0.4, 0.5) is 0 Å². The lowest BCUT2D eigenvalue weighted by Gasteiger charge is -2.18. The quantitative estimate of drug-likeness (QED) is 0.308. The number of fused-ring (bicyclic) bond motifs is 1. The van der Waals surface area contributed by atoms with Crippen molar-refractivity contribution in [2.24, 2.45) is 17.9 Å². The number of hydrogen-bond donors (Lipinski definition) is 2. The number of hydrogen-bond acceptors (Lipinski definition) is 6. The number of aliphatic hydroxyl groups is 1. The van der Waals surface area contributed by atoms with E-state index < -0.39 is 6.10 Å². The van der Waals surface area contributed by atoms with Crippen LogP contribution in [0.25, 0.3) is 22.3 Å². The number of pyridine rings is 1. The lowest BCUT2D eigenvalue weighted by atomic mass is 9.98. The van der Waals surface area contributed by atoms with Crippen LogP contribution in [-0.4, -0.2) is 48.6 Å². The first kappa shape index (κ1) is 23.3. The molecule has 1 unspecified atom stereocenters. The Labute approximate surface area is 193 Å². The van der Waals surface area contributed by atoms with E-state index in [0.29, 0.717) is 25.8 Å². The molecule has 0 aliphatic carbocycles. The van der Waals surface area contributed by atoms with Crippen LogP contribution in [0.15, 0.2) is 35.8 Å². The molecule has 32 heavy (non-hydrogen) atoms. The molecule has 0 saturated heterocycles. The van der Waals surface area contributed by atoms with Crippen LogP contribution in [0.2, 0.25) is 0 Å². The summed E-state index contributed by atoms with van der Waals surface area (Å²) in [5.74, 6) is 0. The van der Waals surface area contributed by atoms with Crippen molar-refractivity contribution in [3.63, 3.8) is 0 Å². The maximum Gasteiger partial charge on any atom is 0.186 e. The van der Waals surface area contributed by atoms with Crippen molar-refractivity contribution in [2.45, 2.75) is 39.2 Å². The highest BCUT2D eigenvalue weighted by molar-refractivity contribution is 7.80. The van der Waals surface area contributed by atoms with Gasteiger partial charge in [-0.1, -0.05) is 0 Å². The number of rotatable bonds is 8. The zero-order valence-electron chi connectivity index (χ0n) is 18.5. The fourth-order valence-corrected chi connectivity index (χ4v) is 3.55. The van der Waals surface area contributed by atoms with Gasteiger partial charge >= 0.3 is 0 Å². The Morgan fingerprint density at radius 2 is 2.22 bits per heavy atom. The van der Waals surface area contributed by atoms with E-state index in [0.717, 1.165) is 39.0 Å². The molecule has 1 atom stereocenters. The molecular formula is C23H27N7OS. The van der Waals surface area contributed by atoms with Crippen molar-refractivity contribution in [3.8, 4) is 17.5 Å². The Bertz CT molecular complexity index is 1190. The number of benzene rings is 1. The van der Waals surface area contributed by atoms with E-state index in [4.69, 9.17) is 28.2 Å². The third kappa shape index (κ3) is 5.46. The topological polar surface area (TPSA) is 116 Å². The van der Waals surface area contributed by atoms with E-state index >= 15 is 0 Å². The number of imidazole rings is 1. The molecule has 0 aliphatic heterocycles. The van der Waals surface area contributed by atoms with Gasteiger partial charge in [0, 0.05) is 31.0 Å². The summed E-state index contributed by atoms with van der Waals surface area (Å²) in [7, 11) is 1.92. The fraction of sp³-hybridized carbons (Fsp3) is 0.348. The van der Waals surface area contributed by atoms with Crippen molar-refractivity contribution in [1.29, 1.82) is 5.26 Å². The highest BCUT2D eigenvalue weighted by atomic mass is 32.1. The van der Waals surface area contributed by atoms with Gasteiger partial charge in [-0.25, -0.2) is 15.0 Å². The SMILES string of the molecule is Cc1cc2nc(-c3cncn3C)cc(/C=N/N(CCC(C)O)C(N)=S)c2cc1CCC#N. The van der Waals surface area contributed by atoms with E-state index in [9.17, 15) is 5.11 Å². The molecule has 2 heterocycles. The van der Waals surface area contributed by atoms with Crippen molar-refractivity contribution < 1.29 is 5.11 Å². The van der Waals surface area contributed by atoms with Gasteiger partial charge in [0.05, 0.1) is 47.8 Å². The van der Waals surface area contributed by atoms with Crippen LogP contribution in [-0.2, 0) is 13.5 Å². The molecule has 8 nitrogen and oxygen atoms in total. The zero-order valence-corrected chi connectivity index (χ0v) is 19.3. The number of nitrogens with zero attached hydrogens (tertiary/aromatic N) is 6. The maximum absolute atomic E-state index is 9.60. The minimum absolute atomic E-state index is 0.137. The third-order valence-electron chi connectivity index (χ3n) is 5.23. The number of thiocarbonyl (C=S) groups is 1. The highest BCUT2D eigenvalue weighted by Crippen LogP contribution is 2.27. The van der Waals surface area contributed by atoms with Crippen molar-refractivity contribution in [2.75, 3.05) is 6.54 Å². The summed E-state index contributed by atoms with van der Waals surface area (Å²) in [6.45, 7) is 4.15. The summed E-state index contributed by atoms with van der Waals surface area (Å²) < 4.78 is 1.91. The van der Waals surface area contributed by atoms with Gasteiger partial charge in [0.1, 0.15) is 0 Å². The normalized spacial score (nSPS) is 12.2. The molecule has 1 aromatic carbocycles. The van der Waals surface area contributed by atoms with Crippen LogP contribution in [0.5, 0.6) is 0 Å². The van der Waals surface area contributed by atoms with Crippen LogP contribution < -0.4 is 5.73 Å². The lowest BCUT2D eigenvalue weighted by molar-refractivity contribution is 0.173. The van der Waals surface area contributed by atoms with Crippen LogP contribution in [0.3, 0.4) is 0 Å². The lowest BCUT2D eigenvalue weighted by Crippen LogP contribution is -2.33. The first-order valence-corrected chi connectivity index (χ1v) is 10.8. The second-order valence-electron chi connectivity index (χ2n) is 7.78. The van der Waals surface area contributed by atoms with Gasteiger partial charge in [0.15, 0.2) is 5.11 Å². The van der Waals surface area contributed by atoms with Crippen LogP contribution >= 0.6 is 12.2 Å². The van der Waals surface area contributed by atoms with E-state index in [-0.39, 0.29) is 5.11 Å². The van der Waals surface area contributed by atoms with Crippen molar-refractivity contribution >= 4 is 34.4 Å². The van der Waals surface area contributed by atoms with Gasteiger partial charge in [-0.3, -0.25) is 0 Å². The van der Waals surface area contributed by atoms with Crippen molar-refractivity contribution in [3.05, 3.63) is 47.4 Å². The predicted molar refractivity (Wildman–Crippen MR) is 130 cm³/mol. The molecule has 3 rings (SSSR count). The van der Waals surface area contributed by atoms with E-state index in [1.165, 1.54) is 5.01 Å². The molecular weight excluding hydrogens is 422 g/mol. The van der Waals surface area contributed by atoms with Gasteiger partial charge in [-0.05, 0) is 68.2 Å². The third-order valence-corrected chi connectivity index (χ3v) is 5.44. The Morgan fingerprint density at radius 3 is 2.84 bits per heavy atom. The Morgan fingerprint density at radius 1 is 1.44 bits per heavy atom. The minimum atomic E-state index is -0.481. The second-order valence-corrected chi connectivity index (χ2v) is 8.20. The first-order chi connectivity index (χ1) is 15.3. The zero-order chi connectivity index (χ0) is 23.3. The average Bonchev–Trinajstić information content (AvgIpc) is 3.17. The monoisotopic (exact) mass is 449 g/mol. The molecule has 2 aromatic heterocycles. The molecule has 3 N–H and O–H groups in total. The summed E-state index contributed by atoms with van der Waals surface area (Å²) in [5, 5.41) is 25.7. The molecule has 0 spiro atoms. The average molecular weight is 450 g/mol. The Balaban J connectivity index is 2.12. The number of aromatic nitrogens is 3. The number of nitriles is 1. The molecule has 0 bridgehead atoms. The molecule has 0 aliphatic rings. The number of nitrogens with two attached hydrogens (primary N) is 1. The first-order valence-electron chi connectivity index (χ1n) is 10.4. The highest BCUT2D eigenvalue weighted by Gasteiger charge is 2.13. The summed E-state index contributed by atoms with van der Waals surface area (Å²) in [6, 6.07) is 8.28. The Hall–Kier alpha value is -3.35. The van der Waals surface area contributed by atoms with Gasteiger partial charge in [0.25, 0.3) is 0 Å². The van der Waals surface area contributed by atoms with Gasteiger partial charge in [-0.15, -0.1) is 0 Å². The smallest absolute Gasteiger partial charge is 0.186 e. The molecule has 0 radical (unpaired) electrons. The van der Waals surface area contributed by atoms with E-state index in [1.807, 2.05) is 30.7 Å². The van der Waals surface area contributed by atoms with E-state index in [1.54, 1.807) is 25.7 Å². The molecule has 0 fully saturated rings. The van der Waals surface area contributed by atoms with E-state index in [2.05, 4.69) is 22.2 Å². The standard InChI is InChI=1S/C23H27N7OS/c1-15-9-20-19(10-17(15)5-4-7-24)18(11-21(28-20)22-13-26-14-29(22)3)12-27-30(23(25)32)8-6-16(2)31/h9-14,16,31H,4-6,8H2,1-3H3,(H2,25,32)/b27-12+. The molecule has 9 heteroatoms. The molecule has 3 aromatic rings. The van der Waals surface area contributed by atoms with Crippen molar-refractivity contribution in [1.82, 2.24) is 19.5 Å².